The van der Waals surface area contributed by atoms with Crippen molar-refractivity contribution in [3.63, 3.8) is 0 Å². The Labute approximate surface area is 167 Å². The van der Waals surface area contributed by atoms with Gasteiger partial charge in [0, 0.05) is 24.7 Å². The summed E-state index contributed by atoms with van der Waals surface area (Å²) in [7, 11) is 3.35. The van der Waals surface area contributed by atoms with E-state index in [1.165, 1.54) is 7.11 Å². The Morgan fingerprint density at radius 2 is 1.93 bits per heavy atom. The zero-order chi connectivity index (χ0) is 19.1. The van der Waals surface area contributed by atoms with E-state index < -0.39 is 0 Å². The first kappa shape index (κ1) is 23.0. The van der Waals surface area contributed by atoms with Gasteiger partial charge >= 0.3 is 0 Å². The molecule has 1 aromatic rings. The molecule has 1 aromatic carbocycles. The fourth-order valence-electron chi connectivity index (χ4n) is 2.99. The number of carbonyl (C=O) groups is 2. The van der Waals surface area contributed by atoms with Crippen molar-refractivity contribution in [1.29, 1.82) is 0 Å². The van der Waals surface area contributed by atoms with Crippen LogP contribution in [0.4, 0.5) is 0 Å². The summed E-state index contributed by atoms with van der Waals surface area (Å²) in [6, 6.07) is 5.34. The second-order valence-corrected chi connectivity index (χ2v) is 6.77. The first-order valence-corrected chi connectivity index (χ1v) is 9.00. The lowest BCUT2D eigenvalue weighted by Gasteiger charge is -2.31. The van der Waals surface area contributed by atoms with Crippen molar-refractivity contribution in [2.24, 2.45) is 0 Å². The highest BCUT2D eigenvalue weighted by Gasteiger charge is 2.23. The molecule has 2 rings (SSSR count). The van der Waals surface area contributed by atoms with Crippen molar-refractivity contribution >= 4 is 24.2 Å². The van der Waals surface area contributed by atoms with Crippen LogP contribution in [0, 0.1) is 0 Å². The van der Waals surface area contributed by atoms with Crippen molar-refractivity contribution in [2.45, 2.75) is 38.8 Å². The SMILES string of the molecule is COc1cc(C(=O)N(C)C2CCNCC2)ccc1OCC(=O)NC(C)C.Cl. The molecule has 1 saturated heterocycles. The number of carbonyl (C=O) groups excluding carboxylic acids is 2. The van der Waals surface area contributed by atoms with E-state index in [4.69, 9.17) is 9.47 Å². The molecule has 0 radical (unpaired) electrons. The van der Waals surface area contributed by atoms with Gasteiger partial charge < -0.3 is 25.0 Å². The summed E-state index contributed by atoms with van der Waals surface area (Å²) in [5, 5.41) is 6.06. The molecular weight excluding hydrogens is 370 g/mol. The van der Waals surface area contributed by atoms with Gasteiger partial charge in [0.15, 0.2) is 18.1 Å². The maximum atomic E-state index is 12.8. The number of halogens is 1. The van der Waals surface area contributed by atoms with Crippen LogP contribution in [0.1, 0.15) is 37.0 Å². The molecule has 27 heavy (non-hydrogen) atoms. The van der Waals surface area contributed by atoms with Gasteiger partial charge in [-0.15, -0.1) is 12.4 Å². The van der Waals surface area contributed by atoms with E-state index in [-0.39, 0.29) is 42.9 Å². The molecule has 0 atom stereocenters. The molecule has 1 aliphatic rings. The molecule has 0 aliphatic carbocycles. The Kier molecular flexibility index (Phi) is 9.38. The number of piperidine rings is 1. The highest BCUT2D eigenvalue weighted by atomic mass is 35.5. The van der Waals surface area contributed by atoms with Crippen LogP contribution >= 0.6 is 12.4 Å². The Morgan fingerprint density at radius 1 is 1.26 bits per heavy atom. The van der Waals surface area contributed by atoms with Gasteiger partial charge in [0.2, 0.25) is 0 Å². The molecule has 8 heteroatoms. The van der Waals surface area contributed by atoms with Crippen molar-refractivity contribution in [3.8, 4) is 11.5 Å². The summed E-state index contributed by atoms with van der Waals surface area (Å²) in [4.78, 5) is 26.3. The van der Waals surface area contributed by atoms with Gasteiger partial charge in [-0.1, -0.05) is 0 Å². The summed E-state index contributed by atoms with van der Waals surface area (Å²) >= 11 is 0. The van der Waals surface area contributed by atoms with Gasteiger partial charge in [-0.25, -0.2) is 0 Å². The van der Waals surface area contributed by atoms with Crippen LogP contribution in [0.25, 0.3) is 0 Å². The van der Waals surface area contributed by atoms with Gasteiger partial charge in [-0.05, 0) is 58.0 Å². The second-order valence-electron chi connectivity index (χ2n) is 6.77. The molecule has 1 heterocycles. The van der Waals surface area contributed by atoms with E-state index >= 15 is 0 Å². The molecule has 2 amide bonds. The van der Waals surface area contributed by atoms with Crippen LogP contribution in [-0.2, 0) is 4.79 Å². The Hall–Kier alpha value is -1.99. The number of ether oxygens (including phenoxy) is 2. The summed E-state index contributed by atoms with van der Waals surface area (Å²) in [5.41, 5.74) is 0.543. The smallest absolute Gasteiger partial charge is 0.258 e. The minimum absolute atomic E-state index is 0. The summed E-state index contributed by atoms with van der Waals surface area (Å²) < 4.78 is 10.9. The van der Waals surface area contributed by atoms with Crippen LogP contribution in [0.3, 0.4) is 0 Å². The van der Waals surface area contributed by atoms with Crippen molar-refractivity contribution in [2.75, 3.05) is 33.9 Å². The summed E-state index contributed by atoms with van der Waals surface area (Å²) in [5.74, 6) is 0.631. The van der Waals surface area contributed by atoms with Gasteiger partial charge in [0.05, 0.1) is 7.11 Å². The van der Waals surface area contributed by atoms with E-state index in [9.17, 15) is 9.59 Å². The average Bonchev–Trinajstić information content (AvgIpc) is 2.65. The van der Waals surface area contributed by atoms with Gasteiger partial charge in [-0.2, -0.15) is 0 Å². The minimum atomic E-state index is -0.201. The summed E-state index contributed by atoms with van der Waals surface area (Å²) in [6.07, 6.45) is 1.90. The number of nitrogens with zero attached hydrogens (tertiary/aromatic N) is 1. The third-order valence-electron chi connectivity index (χ3n) is 4.40. The van der Waals surface area contributed by atoms with Gasteiger partial charge in [-0.3, -0.25) is 9.59 Å². The number of amides is 2. The first-order chi connectivity index (χ1) is 12.4. The predicted molar refractivity (Wildman–Crippen MR) is 107 cm³/mol. The molecule has 1 fully saturated rings. The standard InChI is InChI=1S/C19H29N3O4.ClH/c1-13(2)21-18(23)12-26-16-6-5-14(11-17(16)25-4)19(24)22(3)15-7-9-20-10-8-15;/h5-6,11,13,15,20H,7-10,12H2,1-4H3,(H,21,23);1H. The number of hydrogen-bond acceptors (Lipinski definition) is 5. The number of benzene rings is 1. The zero-order valence-corrected chi connectivity index (χ0v) is 17.2. The maximum absolute atomic E-state index is 12.8. The predicted octanol–water partition coefficient (Wildman–Crippen LogP) is 1.84. The highest BCUT2D eigenvalue weighted by molar-refractivity contribution is 5.95. The molecule has 0 aromatic heterocycles. The molecule has 0 spiro atoms. The molecule has 0 bridgehead atoms. The monoisotopic (exact) mass is 399 g/mol. The fraction of sp³-hybridized carbons (Fsp3) is 0.579. The summed E-state index contributed by atoms with van der Waals surface area (Å²) in [6.45, 7) is 5.53. The van der Waals surface area contributed by atoms with Crippen LogP contribution < -0.4 is 20.1 Å². The lowest BCUT2D eigenvalue weighted by Crippen LogP contribution is -2.43. The maximum Gasteiger partial charge on any atom is 0.258 e. The number of methoxy groups -OCH3 is 1. The second kappa shape index (κ2) is 11.0. The molecule has 0 unspecified atom stereocenters. The zero-order valence-electron chi connectivity index (χ0n) is 16.4. The highest BCUT2D eigenvalue weighted by Crippen LogP contribution is 2.29. The third kappa shape index (κ3) is 6.59. The van der Waals surface area contributed by atoms with E-state index in [1.54, 1.807) is 23.1 Å². The average molecular weight is 400 g/mol. The van der Waals surface area contributed by atoms with Crippen molar-refractivity contribution in [3.05, 3.63) is 23.8 Å². The number of rotatable bonds is 7. The lowest BCUT2D eigenvalue weighted by molar-refractivity contribution is -0.123. The van der Waals surface area contributed by atoms with Crippen LogP contribution in [0.5, 0.6) is 11.5 Å². The van der Waals surface area contributed by atoms with Gasteiger partial charge in [0.1, 0.15) is 0 Å². The van der Waals surface area contributed by atoms with Crippen LogP contribution in [0.2, 0.25) is 0 Å². The Bertz CT molecular complexity index is 633. The van der Waals surface area contributed by atoms with Crippen LogP contribution in [0.15, 0.2) is 18.2 Å². The normalized spacial score (nSPS) is 14.3. The molecule has 2 N–H and O–H groups in total. The Morgan fingerprint density at radius 3 is 2.52 bits per heavy atom. The van der Waals surface area contributed by atoms with Crippen molar-refractivity contribution < 1.29 is 19.1 Å². The number of hydrogen-bond donors (Lipinski definition) is 2. The number of nitrogens with one attached hydrogen (secondary N) is 2. The van der Waals surface area contributed by atoms with E-state index in [1.807, 2.05) is 20.9 Å². The molecular formula is C19H30ClN3O4. The molecule has 152 valence electrons. The van der Waals surface area contributed by atoms with E-state index in [0.29, 0.717) is 17.1 Å². The quantitative estimate of drug-likeness (QED) is 0.731. The largest absolute Gasteiger partial charge is 0.493 e. The lowest BCUT2D eigenvalue weighted by atomic mass is 10.0. The molecule has 1 aliphatic heterocycles. The van der Waals surface area contributed by atoms with Crippen LogP contribution in [-0.4, -0.2) is 62.7 Å². The third-order valence-corrected chi connectivity index (χ3v) is 4.40. The van der Waals surface area contributed by atoms with Gasteiger partial charge in [0.25, 0.3) is 11.8 Å². The minimum Gasteiger partial charge on any atom is -0.493 e. The first-order valence-electron chi connectivity index (χ1n) is 9.00. The molecule has 0 saturated carbocycles. The van der Waals surface area contributed by atoms with Crippen molar-refractivity contribution in [1.82, 2.24) is 15.5 Å². The Balaban J connectivity index is 0.00000364. The van der Waals surface area contributed by atoms with E-state index in [2.05, 4.69) is 10.6 Å². The topological polar surface area (TPSA) is 79.9 Å². The molecule has 7 nitrogen and oxygen atoms in total. The van der Waals surface area contributed by atoms with E-state index in [0.717, 1.165) is 25.9 Å². The fourth-order valence-corrected chi connectivity index (χ4v) is 2.99.